The van der Waals surface area contributed by atoms with Crippen molar-refractivity contribution < 1.29 is 14.4 Å². The Bertz CT molecular complexity index is 648. The van der Waals surface area contributed by atoms with Gasteiger partial charge in [0.25, 0.3) is 11.8 Å². The van der Waals surface area contributed by atoms with Crippen molar-refractivity contribution in [1.82, 2.24) is 4.90 Å². The van der Waals surface area contributed by atoms with Crippen LogP contribution < -0.4 is 11.5 Å². The summed E-state index contributed by atoms with van der Waals surface area (Å²) in [5.41, 5.74) is 11.8. The van der Waals surface area contributed by atoms with E-state index in [2.05, 4.69) is 0 Å². The van der Waals surface area contributed by atoms with Crippen molar-refractivity contribution in [3.05, 3.63) is 29.3 Å². The summed E-state index contributed by atoms with van der Waals surface area (Å²) in [6.45, 7) is 0. The molecule has 0 aromatic heterocycles. The van der Waals surface area contributed by atoms with Gasteiger partial charge < -0.3 is 11.5 Å². The molecule has 1 heterocycles. The predicted molar refractivity (Wildman–Crippen MR) is 76.4 cm³/mol. The van der Waals surface area contributed by atoms with Crippen LogP contribution in [0.4, 0.5) is 5.69 Å². The first-order valence-corrected chi connectivity index (χ1v) is 7.02. The molecule has 1 aliphatic carbocycles. The van der Waals surface area contributed by atoms with Gasteiger partial charge in [-0.05, 0) is 25.0 Å². The Morgan fingerprint density at radius 3 is 2.48 bits per heavy atom. The zero-order valence-electron chi connectivity index (χ0n) is 11.6. The van der Waals surface area contributed by atoms with Gasteiger partial charge in [-0.1, -0.05) is 18.9 Å². The molecular weight excluding hydrogens is 270 g/mol. The van der Waals surface area contributed by atoms with E-state index >= 15 is 0 Å². The Labute approximate surface area is 122 Å². The third-order valence-corrected chi connectivity index (χ3v) is 4.30. The van der Waals surface area contributed by atoms with Gasteiger partial charge in [0.15, 0.2) is 0 Å². The number of amides is 3. The van der Waals surface area contributed by atoms with Crippen LogP contribution in [-0.2, 0) is 4.79 Å². The molecule has 0 unspecified atom stereocenters. The highest BCUT2D eigenvalue weighted by Crippen LogP contribution is 2.33. The Morgan fingerprint density at radius 2 is 1.86 bits per heavy atom. The summed E-state index contributed by atoms with van der Waals surface area (Å²) >= 11 is 0. The maximum atomic E-state index is 12.4. The van der Waals surface area contributed by atoms with Gasteiger partial charge in [-0.2, -0.15) is 0 Å². The molecule has 1 aromatic carbocycles. The quantitative estimate of drug-likeness (QED) is 0.624. The molecule has 1 aromatic rings. The van der Waals surface area contributed by atoms with Crippen molar-refractivity contribution in [3.63, 3.8) is 0 Å². The molecule has 0 spiro atoms. The second-order valence-corrected chi connectivity index (χ2v) is 5.86. The molecule has 3 rings (SSSR count). The lowest BCUT2D eigenvalue weighted by Gasteiger charge is -2.24. The molecule has 0 saturated heterocycles. The number of anilines is 1. The number of hydrogen-bond donors (Lipinski definition) is 2. The maximum absolute atomic E-state index is 12.4. The van der Waals surface area contributed by atoms with Crippen molar-refractivity contribution in [2.45, 2.75) is 37.6 Å². The first kappa shape index (κ1) is 13.8. The Kier molecular flexibility index (Phi) is 3.06. The smallest absolute Gasteiger partial charge is 0.270 e. The number of fused-ring (bicyclic) bond motifs is 1. The first-order chi connectivity index (χ1) is 9.93. The Morgan fingerprint density at radius 1 is 1.19 bits per heavy atom. The van der Waals surface area contributed by atoms with E-state index in [1.807, 2.05) is 0 Å². The second-order valence-electron chi connectivity index (χ2n) is 5.86. The van der Waals surface area contributed by atoms with E-state index in [0.717, 1.165) is 25.7 Å². The van der Waals surface area contributed by atoms with E-state index in [-0.39, 0.29) is 23.2 Å². The summed E-state index contributed by atoms with van der Waals surface area (Å²) in [6.07, 6.45) is 3.43. The van der Waals surface area contributed by atoms with Gasteiger partial charge in [-0.3, -0.25) is 14.4 Å². The summed E-state index contributed by atoms with van der Waals surface area (Å²) in [4.78, 5) is 37.6. The molecule has 2 aliphatic rings. The molecular formula is C15H17N3O3. The summed E-state index contributed by atoms with van der Waals surface area (Å²) in [5.74, 6) is -1.78. The number of rotatable bonds is 2. The van der Waals surface area contributed by atoms with E-state index in [4.69, 9.17) is 11.5 Å². The number of carbonyl (C=O) groups excluding carboxylic acids is 3. The van der Waals surface area contributed by atoms with Crippen molar-refractivity contribution in [3.8, 4) is 0 Å². The molecule has 0 radical (unpaired) electrons. The van der Waals surface area contributed by atoms with Crippen LogP contribution in [0.3, 0.4) is 0 Å². The van der Waals surface area contributed by atoms with Gasteiger partial charge in [-0.25, -0.2) is 4.90 Å². The monoisotopic (exact) mass is 287 g/mol. The maximum Gasteiger partial charge on any atom is 0.270 e. The molecule has 4 N–H and O–H groups in total. The fourth-order valence-electron chi connectivity index (χ4n) is 3.17. The lowest BCUT2D eigenvalue weighted by molar-refractivity contribution is -0.127. The summed E-state index contributed by atoms with van der Waals surface area (Å²) < 4.78 is 0. The third-order valence-electron chi connectivity index (χ3n) is 4.30. The van der Waals surface area contributed by atoms with E-state index in [1.165, 1.54) is 6.07 Å². The van der Waals surface area contributed by atoms with Gasteiger partial charge in [0.1, 0.15) is 0 Å². The van der Waals surface area contributed by atoms with Crippen LogP contribution in [0.5, 0.6) is 0 Å². The van der Waals surface area contributed by atoms with Crippen molar-refractivity contribution in [1.29, 1.82) is 0 Å². The topological polar surface area (TPSA) is 106 Å². The fourth-order valence-corrected chi connectivity index (χ4v) is 3.17. The number of carbonyl (C=O) groups is 3. The van der Waals surface area contributed by atoms with E-state index < -0.39 is 23.3 Å². The van der Waals surface area contributed by atoms with E-state index in [9.17, 15) is 14.4 Å². The molecule has 0 atom stereocenters. The third kappa shape index (κ3) is 2.12. The van der Waals surface area contributed by atoms with Gasteiger partial charge in [0, 0.05) is 17.6 Å². The van der Waals surface area contributed by atoms with Crippen LogP contribution in [0.25, 0.3) is 0 Å². The van der Waals surface area contributed by atoms with Crippen LogP contribution in [0.1, 0.15) is 52.8 Å². The van der Waals surface area contributed by atoms with E-state index in [1.54, 1.807) is 12.1 Å². The van der Waals surface area contributed by atoms with Gasteiger partial charge >= 0.3 is 0 Å². The van der Waals surface area contributed by atoms with Crippen LogP contribution in [0.2, 0.25) is 0 Å². The van der Waals surface area contributed by atoms with Gasteiger partial charge in [0.05, 0.1) is 11.1 Å². The molecule has 1 fully saturated rings. The first-order valence-electron chi connectivity index (χ1n) is 7.02. The van der Waals surface area contributed by atoms with E-state index in [0.29, 0.717) is 4.90 Å². The number of benzene rings is 1. The highest BCUT2D eigenvalue weighted by atomic mass is 16.2. The summed E-state index contributed by atoms with van der Waals surface area (Å²) in [7, 11) is 0. The van der Waals surface area contributed by atoms with Crippen LogP contribution in [0, 0.1) is 0 Å². The molecule has 1 aliphatic heterocycles. The largest absolute Gasteiger partial charge is 0.398 e. The standard InChI is InChI=1S/C15H17N3O3/c16-10-5-3-4-9-12(10)14(21)18(13(9)20)11(19)8-15(17)6-1-2-7-15/h3-5H,1-2,6-8,16-17H2. The zero-order chi connectivity index (χ0) is 15.2. The minimum absolute atomic E-state index is 0.0123. The number of hydrogen-bond acceptors (Lipinski definition) is 5. The molecule has 6 heteroatoms. The molecule has 1 saturated carbocycles. The van der Waals surface area contributed by atoms with Crippen LogP contribution in [-0.4, -0.2) is 28.2 Å². The number of imide groups is 3. The lowest BCUT2D eigenvalue weighted by Crippen LogP contribution is -2.45. The normalized spacial score (nSPS) is 20.0. The summed E-state index contributed by atoms with van der Waals surface area (Å²) in [5, 5.41) is 0. The van der Waals surface area contributed by atoms with Crippen molar-refractivity contribution >= 4 is 23.4 Å². The molecule has 110 valence electrons. The lowest BCUT2D eigenvalue weighted by atomic mass is 9.94. The number of nitrogen functional groups attached to an aromatic ring is 1. The SMILES string of the molecule is Nc1cccc2c1C(=O)N(C(=O)CC1(N)CCCC1)C2=O. The summed E-state index contributed by atoms with van der Waals surface area (Å²) in [6, 6.07) is 4.64. The van der Waals surface area contributed by atoms with Gasteiger partial charge in [0.2, 0.25) is 5.91 Å². The molecule has 0 bridgehead atoms. The predicted octanol–water partition coefficient (Wildman–Crippen LogP) is 1.05. The van der Waals surface area contributed by atoms with Gasteiger partial charge in [-0.15, -0.1) is 0 Å². The van der Waals surface area contributed by atoms with Crippen molar-refractivity contribution in [2.75, 3.05) is 5.73 Å². The Hall–Kier alpha value is -2.21. The number of nitrogens with two attached hydrogens (primary N) is 2. The number of nitrogens with zero attached hydrogens (tertiary/aromatic N) is 1. The highest BCUT2D eigenvalue weighted by Gasteiger charge is 2.43. The average molecular weight is 287 g/mol. The molecule has 3 amide bonds. The second kappa shape index (κ2) is 4.66. The Balaban J connectivity index is 1.88. The molecule has 6 nitrogen and oxygen atoms in total. The minimum Gasteiger partial charge on any atom is -0.398 e. The van der Waals surface area contributed by atoms with Crippen LogP contribution in [0.15, 0.2) is 18.2 Å². The fraction of sp³-hybridized carbons (Fsp3) is 0.400. The average Bonchev–Trinajstić information content (AvgIpc) is 2.94. The minimum atomic E-state index is -0.639. The van der Waals surface area contributed by atoms with Crippen LogP contribution >= 0.6 is 0 Å². The van der Waals surface area contributed by atoms with Crippen molar-refractivity contribution in [2.24, 2.45) is 5.73 Å². The molecule has 21 heavy (non-hydrogen) atoms. The zero-order valence-corrected chi connectivity index (χ0v) is 11.6. The highest BCUT2D eigenvalue weighted by molar-refractivity contribution is 6.30.